The average molecular weight is 592 g/mol. The van der Waals surface area contributed by atoms with Gasteiger partial charge in [-0.05, 0) is 66.7 Å². The normalized spacial score (nSPS) is 10.9. The van der Waals surface area contributed by atoms with Gasteiger partial charge in [-0.2, -0.15) is 0 Å². The van der Waals surface area contributed by atoms with Gasteiger partial charge in [-0.3, -0.25) is 10.1 Å². The van der Waals surface area contributed by atoms with E-state index in [4.69, 9.17) is 9.47 Å². The van der Waals surface area contributed by atoms with Crippen LogP contribution in [0.15, 0.2) is 101 Å². The van der Waals surface area contributed by atoms with Crippen LogP contribution < -0.4 is 9.47 Å². The molecule has 0 saturated carbocycles. The number of nitro groups is 1. The van der Waals surface area contributed by atoms with E-state index in [1.165, 1.54) is 48.5 Å². The first-order valence-electron chi connectivity index (χ1n) is 11.6. The zero-order valence-corrected chi connectivity index (χ0v) is 21.8. The zero-order valence-electron chi connectivity index (χ0n) is 21.0. The Morgan fingerprint density at radius 2 is 1.05 bits per heavy atom. The molecule has 0 aliphatic carbocycles. The molecule has 4 aromatic carbocycles. The lowest BCUT2D eigenvalue weighted by molar-refractivity contribution is -0.384. The van der Waals surface area contributed by atoms with Crippen LogP contribution in [-0.4, -0.2) is 47.4 Å². The summed E-state index contributed by atoms with van der Waals surface area (Å²) in [6, 6.07) is 17.4. The predicted octanol–water partition coefficient (Wildman–Crippen LogP) is 4.26. The fourth-order valence-corrected chi connectivity index (χ4v) is 4.94. The molecule has 14 heteroatoms. The molecule has 0 atom stereocenters. The summed E-state index contributed by atoms with van der Waals surface area (Å²) in [5.74, 6) is -5.14. The second-order valence-electron chi connectivity index (χ2n) is 8.37. The van der Waals surface area contributed by atoms with Gasteiger partial charge in [0.15, 0.2) is 0 Å². The van der Waals surface area contributed by atoms with Gasteiger partial charge < -0.3 is 19.7 Å². The highest BCUT2D eigenvalue weighted by Gasteiger charge is 2.23. The molecule has 13 nitrogen and oxygen atoms in total. The minimum absolute atomic E-state index is 0.0339. The van der Waals surface area contributed by atoms with E-state index >= 15 is 0 Å². The van der Waals surface area contributed by atoms with Gasteiger partial charge in [0.05, 0.1) is 37.0 Å². The van der Waals surface area contributed by atoms with Gasteiger partial charge in [0, 0.05) is 12.1 Å². The van der Waals surface area contributed by atoms with Gasteiger partial charge in [-0.15, -0.1) is 0 Å². The smallest absolute Gasteiger partial charge is 0.344 e. The van der Waals surface area contributed by atoms with Gasteiger partial charge in [0.2, 0.25) is 9.84 Å². The standard InChI is InChI=1S/C28H17NO12S/c30-25(31)21-3-1-2-4-22(21)27(34)40-17-6-10-19(11-7-17)42(38,39)20-12-8-18(9-13-20)41-28(35)23-14-5-16(29(36)37)15-24(23)26(32)33/h1-15H,(H,30,31)(H,32,33). The maximum atomic E-state index is 13.1. The van der Waals surface area contributed by atoms with E-state index in [0.717, 1.165) is 42.5 Å². The van der Waals surface area contributed by atoms with E-state index in [1.54, 1.807) is 0 Å². The molecule has 212 valence electrons. The lowest BCUT2D eigenvalue weighted by atomic mass is 10.1. The highest BCUT2D eigenvalue weighted by atomic mass is 32.2. The molecule has 0 unspecified atom stereocenters. The van der Waals surface area contributed by atoms with E-state index in [1.807, 2.05) is 0 Å². The number of rotatable bonds is 9. The number of nitro benzene ring substituents is 1. The molecule has 42 heavy (non-hydrogen) atoms. The Morgan fingerprint density at radius 3 is 1.48 bits per heavy atom. The molecule has 0 aromatic heterocycles. The number of hydrogen-bond acceptors (Lipinski definition) is 10. The fraction of sp³-hybridized carbons (Fsp3) is 0. The summed E-state index contributed by atoms with van der Waals surface area (Å²) < 4.78 is 36.4. The van der Waals surface area contributed by atoms with Crippen molar-refractivity contribution >= 4 is 39.4 Å². The van der Waals surface area contributed by atoms with Crippen molar-refractivity contribution in [1.82, 2.24) is 0 Å². The first-order chi connectivity index (χ1) is 19.9. The van der Waals surface area contributed by atoms with Gasteiger partial charge >= 0.3 is 23.9 Å². The van der Waals surface area contributed by atoms with E-state index < -0.39 is 55.5 Å². The summed E-state index contributed by atoms with van der Waals surface area (Å²) in [4.78, 5) is 57.5. The van der Waals surface area contributed by atoms with Gasteiger partial charge in [-0.25, -0.2) is 27.6 Å². The number of non-ortho nitro benzene ring substituents is 1. The fourth-order valence-electron chi connectivity index (χ4n) is 3.68. The first-order valence-corrected chi connectivity index (χ1v) is 13.1. The van der Waals surface area contributed by atoms with E-state index in [2.05, 4.69) is 0 Å². The van der Waals surface area contributed by atoms with Crippen LogP contribution in [0.25, 0.3) is 0 Å². The number of benzene rings is 4. The molecule has 0 radical (unpaired) electrons. The Bertz CT molecular complexity index is 1850. The molecule has 0 amide bonds. The number of carbonyl (C=O) groups is 4. The summed E-state index contributed by atoms with van der Waals surface area (Å²) in [7, 11) is -4.08. The third kappa shape index (κ3) is 6.13. The number of nitrogens with zero attached hydrogens (tertiary/aromatic N) is 1. The molecule has 0 spiro atoms. The zero-order chi connectivity index (χ0) is 30.6. The predicted molar refractivity (Wildman–Crippen MR) is 142 cm³/mol. The summed E-state index contributed by atoms with van der Waals surface area (Å²) in [5, 5.41) is 29.5. The Hall–Kier alpha value is -5.89. The quantitative estimate of drug-likeness (QED) is 0.121. The largest absolute Gasteiger partial charge is 0.478 e. The van der Waals surface area contributed by atoms with Crippen molar-refractivity contribution in [3.8, 4) is 11.5 Å². The van der Waals surface area contributed by atoms with Crippen molar-refractivity contribution in [3.05, 3.63) is 123 Å². The molecule has 0 saturated heterocycles. The van der Waals surface area contributed by atoms with Crippen molar-refractivity contribution < 1.29 is 52.2 Å². The molecular weight excluding hydrogens is 574 g/mol. The second kappa shape index (κ2) is 11.7. The molecule has 0 fully saturated rings. The van der Waals surface area contributed by atoms with Crippen LogP contribution >= 0.6 is 0 Å². The van der Waals surface area contributed by atoms with Crippen LogP contribution in [0.4, 0.5) is 5.69 Å². The molecule has 0 aliphatic heterocycles. The maximum absolute atomic E-state index is 13.1. The second-order valence-corrected chi connectivity index (χ2v) is 10.3. The van der Waals surface area contributed by atoms with Crippen molar-refractivity contribution in [2.24, 2.45) is 0 Å². The molecule has 0 aliphatic rings. The van der Waals surface area contributed by atoms with Crippen molar-refractivity contribution in [2.75, 3.05) is 0 Å². The topological polar surface area (TPSA) is 204 Å². The van der Waals surface area contributed by atoms with Crippen molar-refractivity contribution in [3.63, 3.8) is 0 Å². The van der Waals surface area contributed by atoms with E-state index in [-0.39, 0.29) is 32.4 Å². The number of sulfone groups is 1. The summed E-state index contributed by atoms with van der Waals surface area (Å²) >= 11 is 0. The molecular formula is C28H17NO12S. The summed E-state index contributed by atoms with van der Waals surface area (Å²) in [6.07, 6.45) is 0. The number of carbonyl (C=O) groups excluding carboxylic acids is 2. The Balaban J connectivity index is 1.48. The average Bonchev–Trinajstić information content (AvgIpc) is 2.97. The highest BCUT2D eigenvalue weighted by Crippen LogP contribution is 2.26. The summed E-state index contributed by atoms with van der Waals surface area (Å²) in [6.45, 7) is 0. The minimum atomic E-state index is -4.08. The number of ether oxygens (including phenoxy) is 2. The Labute approximate surface area is 236 Å². The molecule has 2 N–H and O–H groups in total. The van der Waals surface area contributed by atoms with Crippen LogP contribution in [-0.2, 0) is 9.84 Å². The van der Waals surface area contributed by atoms with Gasteiger partial charge in [-0.1, -0.05) is 12.1 Å². The van der Waals surface area contributed by atoms with Crippen molar-refractivity contribution in [1.29, 1.82) is 0 Å². The first kappa shape index (κ1) is 29.1. The monoisotopic (exact) mass is 591 g/mol. The highest BCUT2D eigenvalue weighted by molar-refractivity contribution is 7.91. The number of carboxylic acids is 2. The summed E-state index contributed by atoms with van der Waals surface area (Å²) in [5.41, 5.74) is -2.07. The third-order valence-corrected chi connectivity index (χ3v) is 7.52. The lowest BCUT2D eigenvalue weighted by Crippen LogP contribution is -2.14. The van der Waals surface area contributed by atoms with Crippen LogP contribution in [0.1, 0.15) is 41.4 Å². The van der Waals surface area contributed by atoms with E-state index in [9.17, 15) is 47.9 Å². The Morgan fingerprint density at radius 1 is 0.619 bits per heavy atom. The minimum Gasteiger partial charge on any atom is -0.478 e. The van der Waals surface area contributed by atoms with Crippen LogP contribution in [0.5, 0.6) is 11.5 Å². The molecule has 4 aromatic rings. The lowest BCUT2D eigenvalue weighted by Gasteiger charge is -2.10. The number of aromatic carboxylic acids is 2. The third-order valence-electron chi connectivity index (χ3n) is 5.73. The van der Waals surface area contributed by atoms with Crippen LogP contribution in [0.2, 0.25) is 0 Å². The van der Waals surface area contributed by atoms with Crippen molar-refractivity contribution in [2.45, 2.75) is 9.79 Å². The Kier molecular flexibility index (Phi) is 8.10. The number of carboxylic acid groups (broad SMARTS) is 2. The van der Waals surface area contributed by atoms with Crippen LogP contribution in [0, 0.1) is 10.1 Å². The number of esters is 2. The molecule has 4 rings (SSSR count). The van der Waals surface area contributed by atoms with Gasteiger partial charge in [0.25, 0.3) is 5.69 Å². The maximum Gasteiger partial charge on any atom is 0.344 e. The van der Waals surface area contributed by atoms with Crippen LogP contribution in [0.3, 0.4) is 0 Å². The van der Waals surface area contributed by atoms with E-state index in [0.29, 0.717) is 0 Å². The SMILES string of the molecule is O=C(O)c1ccccc1C(=O)Oc1ccc(S(=O)(=O)c2ccc(OC(=O)c3ccc([N+](=O)[O-])cc3C(=O)O)cc2)cc1. The molecule has 0 heterocycles. The number of hydrogen-bond donors (Lipinski definition) is 2. The van der Waals surface area contributed by atoms with Gasteiger partial charge in [0.1, 0.15) is 11.5 Å². The molecule has 0 bridgehead atoms.